The molecule has 19 heavy (non-hydrogen) atoms. The summed E-state index contributed by atoms with van der Waals surface area (Å²) in [5.41, 5.74) is 4.62. The van der Waals surface area contributed by atoms with Gasteiger partial charge in [-0.15, -0.1) is 0 Å². The summed E-state index contributed by atoms with van der Waals surface area (Å²) in [4.78, 5) is 9.18. The molecule has 0 fully saturated rings. The van der Waals surface area contributed by atoms with Crippen molar-refractivity contribution in [1.29, 1.82) is 0 Å². The summed E-state index contributed by atoms with van der Waals surface area (Å²) in [5.74, 6) is 1.71. The lowest BCUT2D eigenvalue weighted by atomic mass is 10.0. The molecule has 100 valence electrons. The summed E-state index contributed by atoms with van der Waals surface area (Å²) in [6.45, 7) is 9.32. The average molecular weight is 255 g/mol. The van der Waals surface area contributed by atoms with Crippen molar-refractivity contribution in [3.8, 4) is 11.4 Å². The largest absolute Gasteiger partial charge is 0.370 e. The summed E-state index contributed by atoms with van der Waals surface area (Å²) in [7, 11) is 0. The molecule has 0 saturated heterocycles. The van der Waals surface area contributed by atoms with E-state index in [-0.39, 0.29) is 0 Å². The Labute approximate surface area is 115 Å². The molecule has 1 aromatic heterocycles. The van der Waals surface area contributed by atoms with Gasteiger partial charge in [0.1, 0.15) is 5.82 Å². The van der Waals surface area contributed by atoms with Crippen LogP contribution >= 0.6 is 0 Å². The van der Waals surface area contributed by atoms with Gasteiger partial charge >= 0.3 is 0 Å². The van der Waals surface area contributed by atoms with Crippen LogP contribution in [-0.4, -0.2) is 16.5 Å². The number of benzene rings is 1. The van der Waals surface area contributed by atoms with Gasteiger partial charge in [-0.1, -0.05) is 25.1 Å². The second-order valence-corrected chi connectivity index (χ2v) is 4.89. The van der Waals surface area contributed by atoms with Gasteiger partial charge in [0.15, 0.2) is 5.82 Å². The zero-order chi connectivity index (χ0) is 13.8. The van der Waals surface area contributed by atoms with Crippen LogP contribution in [0, 0.1) is 20.8 Å². The number of anilines is 1. The minimum atomic E-state index is 0.805. The molecule has 0 amide bonds. The first-order valence-electron chi connectivity index (χ1n) is 6.78. The molecule has 0 aliphatic rings. The topological polar surface area (TPSA) is 37.8 Å². The number of hydrogen-bond acceptors (Lipinski definition) is 3. The summed E-state index contributed by atoms with van der Waals surface area (Å²) in [5, 5.41) is 3.33. The molecule has 1 heterocycles. The van der Waals surface area contributed by atoms with Gasteiger partial charge < -0.3 is 5.32 Å². The van der Waals surface area contributed by atoms with Crippen molar-refractivity contribution >= 4 is 5.82 Å². The molecule has 3 heteroatoms. The fourth-order valence-electron chi connectivity index (χ4n) is 2.03. The zero-order valence-corrected chi connectivity index (χ0v) is 12.1. The second kappa shape index (κ2) is 5.83. The van der Waals surface area contributed by atoms with Gasteiger partial charge in [0.05, 0.1) is 0 Å². The third kappa shape index (κ3) is 3.11. The third-order valence-electron chi connectivity index (χ3n) is 3.26. The minimum Gasteiger partial charge on any atom is -0.370 e. The highest BCUT2D eigenvalue weighted by atomic mass is 15.0. The summed E-state index contributed by atoms with van der Waals surface area (Å²) in [6, 6.07) is 8.25. The number of rotatable bonds is 4. The Bertz CT molecular complexity index is 576. The molecule has 0 spiro atoms. The van der Waals surface area contributed by atoms with E-state index in [1.165, 1.54) is 11.1 Å². The van der Waals surface area contributed by atoms with Gasteiger partial charge in [0.2, 0.25) is 0 Å². The van der Waals surface area contributed by atoms with Crippen LogP contribution in [0.2, 0.25) is 0 Å². The molecular weight excluding hydrogens is 234 g/mol. The molecule has 1 N–H and O–H groups in total. The second-order valence-electron chi connectivity index (χ2n) is 4.89. The van der Waals surface area contributed by atoms with Gasteiger partial charge in [-0.2, -0.15) is 0 Å². The molecule has 1 aromatic carbocycles. The van der Waals surface area contributed by atoms with Crippen LogP contribution < -0.4 is 5.32 Å². The van der Waals surface area contributed by atoms with E-state index in [0.29, 0.717) is 0 Å². The van der Waals surface area contributed by atoms with Crippen molar-refractivity contribution in [2.45, 2.75) is 34.1 Å². The maximum atomic E-state index is 4.62. The molecule has 0 radical (unpaired) electrons. The molecule has 2 rings (SSSR count). The van der Waals surface area contributed by atoms with Crippen LogP contribution in [-0.2, 0) is 0 Å². The molecule has 2 aromatic rings. The third-order valence-corrected chi connectivity index (χ3v) is 3.26. The predicted molar refractivity (Wildman–Crippen MR) is 80.5 cm³/mol. The summed E-state index contributed by atoms with van der Waals surface area (Å²) < 4.78 is 0. The molecular formula is C16H21N3. The average Bonchev–Trinajstić information content (AvgIpc) is 2.39. The minimum absolute atomic E-state index is 0.805. The van der Waals surface area contributed by atoms with Gasteiger partial charge in [0, 0.05) is 23.9 Å². The van der Waals surface area contributed by atoms with Crippen molar-refractivity contribution in [2.24, 2.45) is 0 Å². The van der Waals surface area contributed by atoms with Crippen molar-refractivity contribution in [2.75, 3.05) is 11.9 Å². The number of nitrogens with one attached hydrogen (secondary N) is 1. The zero-order valence-electron chi connectivity index (χ0n) is 12.1. The first kappa shape index (κ1) is 13.5. The molecule has 0 bridgehead atoms. The Morgan fingerprint density at radius 2 is 1.89 bits per heavy atom. The highest BCUT2D eigenvalue weighted by Crippen LogP contribution is 2.23. The van der Waals surface area contributed by atoms with Gasteiger partial charge in [-0.25, -0.2) is 9.97 Å². The van der Waals surface area contributed by atoms with E-state index in [9.17, 15) is 0 Å². The lowest BCUT2D eigenvalue weighted by Gasteiger charge is -2.10. The monoisotopic (exact) mass is 255 g/mol. The van der Waals surface area contributed by atoms with Crippen molar-refractivity contribution in [3.05, 3.63) is 41.1 Å². The summed E-state index contributed by atoms with van der Waals surface area (Å²) >= 11 is 0. The highest BCUT2D eigenvalue weighted by molar-refractivity contribution is 5.63. The van der Waals surface area contributed by atoms with Crippen LogP contribution in [0.3, 0.4) is 0 Å². The van der Waals surface area contributed by atoms with Gasteiger partial charge in [-0.05, 0) is 38.3 Å². The fourth-order valence-corrected chi connectivity index (χ4v) is 2.03. The van der Waals surface area contributed by atoms with E-state index in [1.807, 2.05) is 13.0 Å². The lowest BCUT2D eigenvalue weighted by molar-refractivity contribution is 0.962. The van der Waals surface area contributed by atoms with Crippen LogP contribution in [0.25, 0.3) is 11.4 Å². The molecule has 0 atom stereocenters. The van der Waals surface area contributed by atoms with Crippen molar-refractivity contribution in [1.82, 2.24) is 9.97 Å². The fraction of sp³-hybridized carbons (Fsp3) is 0.375. The Kier molecular flexibility index (Phi) is 4.15. The molecule has 0 aliphatic carbocycles. The first-order valence-corrected chi connectivity index (χ1v) is 6.78. The van der Waals surface area contributed by atoms with E-state index in [4.69, 9.17) is 0 Å². The standard InChI is InChI=1S/C16H21N3/c1-5-9-17-15-10-12(3)18-16(19-15)14-8-6-7-11(2)13(14)4/h6-8,10H,5,9H2,1-4H3,(H,17,18,19). The Hall–Kier alpha value is -1.90. The number of hydrogen-bond donors (Lipinski definition) is 1. The van der Waals surface area contributed by atoms with E-state index in [2.05, 4.69) is 54.3 Å². The van der Waals surface area contributed by atoms with Crippen LogP contribution in [0.15, 0.2) is 24.3 Å². The smallest absolute Gasteiger partial charge is 0.162 e. The number of aromatic nitrogens is 2. The number of aryl methyl sites for hydroxylation is 2. The summed E-state index contributed by atoms with van der Waals surface area (Å²) in [6.07, 6.45) is 1.09. The lowest BCUT2D eigenvalue weighted by Crippen LogP contribution is -2.05. The molecule has 0 unspecified atom stereocenters. The maximum absolute atomic E-state index is 4.62. The SMILES string of the molecule is CCCNc1cc(C)nc(-c2cccc(C)c2C)n1. The van der Waals surface area contributed by atoms with E-state index in [0.717, 1.165) is 35.9 Å². The van der Waals surface area contributed by atoms with E-state index < -0.39 is 0 Å². The van der Waals surface area contributed by atoms with Gasteiger partial charge in [0.25, 0.3) is 0 Å². The van der Waals surface area contributed by atoms with Crippen molar-refractivity contribution < 1.29 is 0 Å². The van der Waals surface area contributed by atoms with E-state index in [1.54, 1.807) is 0 Å². The molecule has 0 aliphatic heterocycles. The van der Waals surface area contributed by atoms with Gasteiger partial charge in [-0.3, -0.25) is 0 Å². The normalized spacial score (nSPS) is 10.5. The van der Waals surface area contributed by atoms with Crippen molar-refractivity contribution in [3.63, 3.8) is 0 Å². The Morgan fingerprint density at radius 1 is 1.11 bits per heavy atom. The Balaban J connectivity index is 2.44. The first-order chi connectivity index (χ1) is 9.11. The number of nitrogens with zero attached hydrogens (tertiary/aromatic N) is 2. The van der Waals surface area contributed by atoms with Crippen LogP contribution in [0.4, 0.5) is 5.82 Å². The van der Waals surface area contributed by atoms with Crippen LogP contribution in [0.5, 0.6) is 0 Å². The van der Waals surface area contributed by atoms with Crippen LogP contribution in [0.1, 0.15) is 30.2 Å². The quantitative estimate of drug-likeness (QED) is 0.900. The predicted octanol–water partition coefficient (Wildman–Crippen LogP) is 3.89. The molecule has 0 saturated carbocycles. The Morgan fingerprint density at radius 3 is 2.63 bits per heavy atom. The molecule has 3 nitrogen and oxygen atoms in total. The highest BCUT2D eigenvalue weighted by Gasteiger charge is 2.08. The van der Waals surface area contributed by atoms with E-state index >= 15 is 0 Å². The maximum Gasteiger partial charge on any atom is 0.162 e.